The summed E-state index contributed by atoms with van der Waals surface area (Å²) in [5, 5.41) is 17.4. The molecule has 0 aliphatic carbocycles. The minimum Gasteiger partial charge on any atom is -0.315 e. The lowest BCUT2D eigenvalue weighted by Gasteiger charge is -2.26. The van der Waals surface area contributed by atoms with Gasteiger partial charge >= 0.3 is 0 Å². The molecule has 2 heterocycles. The zero-order valence-corrected chi connectivity index (χ0v) is 15.7. The van der Waals surface area contributed by atoms with Crippen molar-refractivity contribution in [2.24, 2.45) is 16.0 Å². The quantitative estimate of drug-likeness (QED) is 0.726. The van der Waals surface area contributed by atoms with Crippen LogP contribution in [0.2, 0.25) is 10.0 Å². The zero-order valence-electron chi connectivity index (χ0n) is 12.5. The zero-order chi connectivity index (χ0) is 18.3. The highest BCUT2D eigenvalue weighted by molar-refractivity contribution is 8.26. The first-order valence-corrected chi connectivity index (χ1v) is 8.80. The summed E-state index contributed by atoms with van der Waals surface area (Å²) in [5.74, 6) is -2.57. The number of carbonyl (C=O) groups is 2. The molecule has 7 nitrogen and oxygen atoms in total. The fraction of sp³-hybridized carbons (Fsp3) is 0.143. The Morgan fingerprint density at radius 2 is 2.16 bits per heavy atom. The maximum atomic E-state index is 12.3. The highest BCUT2D eigenvalue weighted by atomic mass is 35.5. The third-order valence-electron chi connectivity index (χ3n) is 3.29. The number of fused-ring (bicyclic) bond motifs is 1. The molecule has 0 radical (unpaired) electrons. The number of halogens is 2. The number of hydrogen-bond acceptors (Lipinski definition) is 6. The number of amidine groups is 2. The molecule has 11 heteroatoms. The van der Waals surface area contributed by atoms with Crippen LogP contribution >= 0.6 is 47.2 Å². The van der Waals surface area contributed by atoms with Crippen LogP contribution in [0.25, 0.3) is 0 Å². The number of benzene rings is 1. The summed E-state index contributed by atoms with van der Waals surface area (Å²) in [6.45, 7) is 1.74. The first-order valence-electron chi connectivity index (χ1n) is 6.82. The SMILES string of the molecule is CC1=NN2C(=N)C(C(=S)NC(=O)c3ccc(Cl)cc3Cl)C(=O)N=C2S1. The molecule has 2 N–H and O–H groups in total. The van der Waals surface area contributed by atoms with E-state index < -0.39 is 17.7 Å². The molecule has 0 saturated carbocycles. The van der Waals surface area contributed by atoms with Gasteiger partial charge in [-0.1, -0.05) is 35.4 Å². The summed E-state index contributed by atoms with van der Waals surface area (Å²) in [5.41, 5.74) is 0.151. The van der Waals surface area contributed by atoms with Crippen LogP contribution < -0.4 is 5.32 Å². The van der Waals surface area contributed by atoms with Gasteiger partial charge in [-0.3, -0.25) is 15.0 Å². The molecule has 1 unspecified atom stereocenters. The summed E-state index contributed by atoms with van der Waals surface area (Å²) >= 11 is 18.1. The van der Waals surface area contributed by atoms with E-state index in [1.54, 1.807) is 6.92 Å². The molecule has 1 aromatic carbocycles. The first kappa shape index (κ1) is 18.0. The van der Waals surface area contributed by atoms with E-state index in [1.165, 1.54) is 35.0 Å². The molecular weight excluding hydrogens is 405 g/mol. The Labute approximate surface area is 162 Å². The van der Waals surface area contributed by atoms with Gasteiger partial charge in [-0.05, 0) is 36.9 Å². The summed E-state index contributed by atoms with van der Waals surface area (Å²) in [4.78, 5) is 28.3. The van der Waals surface area contributed by atoms with E-state index in [0.29, 0.717) is 15.2 Å². The lowest BCUT2D eigenvalue weighted by Crippen LogP contribution is -2.49. The molecule has 1 aromatic rings. The van der Waals surface area contributed by atoms with Crippen molar-refractivity contribution >= 4 is 80.0 Å². The predicted octanol–water partition coefficient (Wildman–Crippen LogP) is 2.92. The van der Waals surface area contributed by atoms with Crippen LogP contribution in [0.5, 0.6) is 0 Å². The van der Waals surface area contributed by atoms with Crippen molar-refractivity contribution < 1.29 is 9.59 Å². The lowest BCUT2D eigenvalue weighted by atomic mass is 10.1. The number of thioether (sulfide) groups is 1. The third-order valence-corrected chi connectivity index (χ3v) is 5.00. The van der Waals surface area contributed by atoms with Crippen molar-refractivity contribution in [2.75, 3.05) is 0 Å². The smallest absolute Gasteiger partial charge is 0.265 e. The van der Waals surface area contributed by atoms with Crippen LogP contribution in [0.4, 0.5) is 0 Å². The van der Waals surface area contributed by atoms with Gasteiger partial charge in [-0.2, -0.15) is 15.1 Å². The maximum absolute atomic E-state index is 12.3. The molecule has 0 saturated heterocycles. The van der Waals surface area contributed by atoms with E-state index >= 15 is 0 Å². The molecule has 2 aliphatic rings. The van der Waals surface area contributed by atoms with Crippen molar-refractivity contribution in [2.45, 2.75) is 6.92 Å². The van der Waals surface area contributed by atoms with E-state index in [1.807, 2.05) is 0 Å². The van der Waals surface area contributed by atoms with Gasteiger partial charge in [0, 0.05) is 5.02 Å². The van der Waals surface area contributed by atoms with Gasteiger partial charge in [-0.25, -0.2) is 0 Å². The van der Waals surface area contributed by atoms with Gasteiger partial charge in [0.25, 0.3) is 11.8 Å². The van der Waals surface area contributed by atoms with E-state index in [2.05, 4.69) is 15.4 Å². The minimum absolute atomic E-state index is 0.140. The molecule has 2 amide bonds. The third kappa shape index (κ3) is 3.45. The number of amides is 2. The number of hydrogen-bond donors (Lipinski definition) is 2. The van der Waals surface area contributed by atoms with E-state index in [0.717, 1.165) is 0 Å². The highest BCUT2D eigenvalue weighted by Crippen LogP contribution is 2.28. The van der Waals surface area contributed by atoms with E-state index in [9.17, 15) is 9.59 Å². The molecule has 2 aliphatic heterocycles. The van der Waals surface area contributed by atoms with Crippen LogP contribution in [0.3, 0.4) is 0 Å². The Bertz CT molecular complexity index is 899. The minimum atomic E-state index is -1.19. The van der Waals surface area contributed by atoms with Gasteiger partial charge in [0.2, 0.25) is 0 Å². The van der Waals surface area contributed by atoms with Gasteiger partial charge in [-0.15, -0.1) is 0 Å². The molecule has 0 fully saturated rings. The average Bonchev–Trinajstić information content (AvgIpc) is 2.87. The van der Waals surface area contributed by atoms with Gasteiger partial charge in [0.05, 0.1) is 15.6 Å². The number of aliphatic imine (C=N–C) groups is 1. The Hall–Kier alpha value is -1.81. The normalized spacial score (nSPS) is 19.3. The Morgan fingerprint density at radius 1 is 1.44 bits per heavy atom. The second kappa shape index (κ2) is 6.83. The second-order valence-electron chi connectivity index (χ2n) is 5.03. The summed E-state index contributed by atoms with van der Waals surface area (Å²) in [6, 6.07) is 4.37. The number of carbonyl (C=O) groups excluding carboxylic acids is 2. The van der Waals surface area contributed by atoms with Gasteiger partial charge in [0.1, 0.15) is 10.8 Å². The fourth-order valence-corrected chi connectivity index (χ4v) is 3.71. The highest BCUT2D eigenvalue weighted by Gasteiger charge is 2.41. The van der Waals surface area contributed by atoms with Crippen molar-refractivity contribution in [3.63, 3.8) is 0 Å². The Morgan fingerprint density at radius 3 is 2.84 bits per heavy atom. The van der Waals surface area contributed by atoms with Crippen LogP contribution in [-0.2, 0) is 4.79 Å². The van der Waals surface area contributed by atoms with Crippen LogP contribution in [-0.4, -0.2) is 37.9 Å². The van der Waals surface area contributed by atoms with Gasteiger partial charge < -0.3 is 5.32 Å². The molecule has 0 bridgehead atoms. The largest absolute Gasteiger partial charge is 0.315 e. The van der Waals surface area contributed by atoms with Crippen molar-refractivity contribution in [3.8, 4) is 0 Å². The van der Waals surface area contributed by atoms with E-state index in [4.69, 9.17) is 40.8 Å². The molecule has 1 atom stereocenters. The Balaban J connectivity index is 1.80. The predicted molar refractivity (Wildman–Crippen MR) is 103 cm³/mol. The van der Waals surface area contributed by atoms with Crippen LogP contribution in [0.1, 0.15) is 17.3 Å². The Kier molecular flexibility index (Phi) is 4.92. The molecule has 0 aromatic heterocycles. The molecule has 0 spiro atoms. The number of hydrazone groups is 1. The number of rotatable bonds is 2. The fourth-order valence-electron chi connectivity index (χ4n) is 2.17. The van der Waals surface area contributed by atoms with Crippen molar-refractivity contribution in [1.82, 2.24) is 10.3 Å². The van der Waals surface area contributed by atoms with Crippen molar-refractivity contribution in [3.05, 3.63) is 33.8 Å². The summed E-state index contributed by atoms with van der Waals surface area (Å²) in [6.07, 6.45) is 0. The van der Waals surface area contributed by atoms with Gasteiger partial charge in [0.15, 0.2) is 11.1 Å². The number of nitrogens with zero attached hydrogens (tertiary/aromatic N) is 3. The van der Waals surface area contributed by atoms with E-state index in [-0.39, 0.29) is 21.4 Å². The topological polar surface area (TPSA) is 98.0 Å². The number of nitrogens with one attached hydrogen (secondary N) is 2. The summed E-state index contributed by atoms with van der Waals surface area (Å²) in [7, 11) is 0. The van der Waals surface area contributed by atoms with Crippen LogP contribution in [0.15, 0.2) is 28.3 Å². The maximum Gasteiger partial charge on any atom is 0.265 e. The standard InChI is InChI=1S/C14H9Cl2N5O2S2/c1-5-20-21-10(17)9(12(23)19-14(21)25-5)13(24)18-11(22)7-3-2-6(15)4-8(7)16/h2-4,9,17H,1H3,(H,18,22,24). The molecule has 25 heavy (non-hydrogen) atoms. The van der Waals surface area contributed by atoms with Crippen molar-refractivity contribution in [1.29, 1.82) is 5.41 Å². The van der Waals surface area contributed by atoms with Crippen LogP contribution in [0, 0.1) is 11.3 Å². The molecular formula is C14H9Cl2N5O2S2. The molecule has 128 valence electrons. The number of thiocarbonyl (C=S) groups is 1. The summed E-state index contributed by atoms with van der Waals surface area (Å²) < 4.78 is 0. The lowest BCUT2D eigenvalue weighted by molar-refractivity contribution is -0.118. The first-order chi connectivity index (χ1) is 11.8. The average molecular weight is 414 g/mol. The second-order valence-corrected chi connectivity index (χ2v) is 7.47. The molecule has 3 rings (SSSR count). The monoisotopic (exact) mass is 413 g/mol.